The van der Waals surface area contributed by atoms with Gasteiger partial charge in [0.1, 0.15) is 0 Å². The third-order valence-corrected chi connectivity index (χ3v) is 4.51. The van der Waals surface area contributed by atoms with Gasteiger partial charge in [-0.15, -0.1) is 11.8 Å². The molecule has 0 amide bonds. The molecule has 1 aromatic rings. The maximum Gasteiger partial charge on any atom is 0.416 e. The number of hydrogen-bond donors (Lipinski definition) is 1. The highest BCUT2D eigenvalue weighted by Crippen LogP contribution is 2.35. The van der Waals surface area contributed by atoms with E-state index < -0.39 is 11.7 Å². The zero-order valence-electron chi connectivity index (χ0n) is 12.0. The third-order valence-electron chi connectivity index (χ3n) is 3.39. The molecule has 2 nitrogen and oxygen atoms in total. The molecular formula is C15H20F3NOS. The van der Waals surface area contributed by atoms with Crippen molar-refractivity contribution in [1.82, 2.24) is 0 Å². The van der Waals surface area contributed by atoms with Gasteiger partial charge < -0.3 is 10.5 Å². The Labute approximate surface area is 127 Å². The number of thioether (sulfide) groups is 1. The molecule has 1 aromatic carbocycles. The molecule has 0 bridgehead atoms. The Morgan fingerprint density at radius 2 is 2.19 bits per heavy atom. The van der Waals surface area contributed by atoms with E-state index in [9.17, 15) is 13.2 Å². The molecule has 1 aliphatic rings. The van der Waals surface area contributed by atoms with E-state index in [0.29, 0.717) is 10.6 Å². The van der Waals surface area contributed by atoms with Crippen molar-refractivity contribution in [2.24, 2.45) is 5.73 Å². The van der Waals surface area contributed by atoms with E-state index in [1.165, 1.54) is 17.8 Å². The van der Waals surface area contributed by atoms with Crippen LogP contribution in [0.3, 0.4) is 0 Å². The first kappa shape index (κ1) is 16.6. The normalized spacial score (nSPS) is 20.7. The highest BCUT2D eigenvalue weighted by atomic mass is 32.2. The van der Waals surface area contributed by atoms with Gasteiger partial charge in [-0.05, 0) is 43.9 Å². The van der Waals surface area contributed by atoms with Crippen LogP contribution in [0.15, 0.2) is 23.1 Å². The van der Waals surface area contributed by atoms with E-state index in [0.717, 1.165) is 19.4 Å². The summed E-state index contributed by atoms with van der Waals surface area (Å²) in [5, 5.41) is 0. The van der Waals surface area contributed by atoms with Crippen molar-refractivity contribution in [3.05, 3.63) is 29.3 Å². The van der Waals surface area contributed by atoms with Gasteiger partial charge >= 0.3 is 6.18 Å². The maximum absolute atomic E-state index is 13.1. The zero-order valence-corrected chi connectivity index (χ0v) is 12.8. The van der Waals surface area contributed by atoms with Crippen LogP contribution in [0.5, 0.6) is 0 Å². The lowest BCUT2D eigenvalue weighted by atomic mass is 10.0. The SMILES string of the molecule is CC(N)Cc1ccc(SCC2CCCO2)cc1C(F)(F)F. The van der Waals surface area contributed by atoms with Crippen LogP contribution in [0.1, 0.15) is 30.9 Å². The summed E-state index contributed by atoms with van der Waals surface area (Å²) in [6, 6.07) is 4.23. The Morgan fingerprint density at radius 3 is 2.76 bits per heavy atom. The molecule has 1 fully saturated rings. The van der Waals surface area contributed by atoms with Gasteiger partial charge in [-0.1, -0.05) is 6.07 Å². The fourth-order valence-corrected chi connectivity index (χ4v) is 3.41. The van der Waals surface area contributed by atoms with Gasteiger partial charge in [-0.25, -0.2) is 0 Å². The predicted molar refractivity (Wildman–Crippen MR) is 78.5 cm³/mol. The summed E-state index contributed by atoms with van der Waals surface area (Å²) in [5.41, 5.74) is 5.32. The Balaban J connectivity index is 2.12. The van der Waals surface area contributed by atoms with Gasteiger partial charge in [0.25, 0.3) is 0 Å². The Kier molecular flexibility index (Phi) is 5.57. The summed E-state index contributed by atoms with van der Waals surface area (Å²) < 4.78 is 44.9. The van der Waals surface area contributed by atoms with E-state index in [4.69, 9.17) is 10.5 Å². The topological polar surface area (TPSA) is 35.2 Å². The highest BCUT2D eigenvalue weighted by molar-refractivity contribution is 7.99. The van der Waals surface area contributed by atoms with Crippen LogP contribution in [0, 0.1) is 0 Å². The van der Waals surface area contributed by atoms with Crippen molar-refractivity contribution in [3.8, 4) is 0 Å². The summed E-state index contributed by atoms with van der Waals surface area (Å²) in [5.74, 6) is 0.698. The van der Waals surface area contributed by atoms with Crippen molar-refractivity contribution in [2.45, 2.75) is 49.4 Å². The molecule has 1 aliphatic heterocycles. The molecule has 2 N–H and O–H groups in total. The molecule has 1 heterocycles. The number of hydrogen-bond acceptors (Lipinski definition) is 3. The van der Waals surface area contributed by atoms with E-state index >= 15 is 0 Å². The van der Waals surface area contributed by atoms with Gasteiger partial charge in [-0.2, -0.15) is 13.2 Å². The van der Waals surface area contributed by atoms with Crippen LogP contribution in [0.4, 0.5) is 13.2 Å². The Bertz CT molecular complexity index is 470. The molecule has 0 spiro atoms. The minimum atomic E-state index is -4.34. The quantitative estimate of drug-likeness (QED) is 0.837. The van der Waals surface area contributed by atoms with Crippen molar-refractivity contribution in [2.75, 3.05) is 12.4 Å². The number of ether oxygens (including phenoxy) is 1. The number of rotatable bonds is 5. The standard InChI is InChI=1S/C15H20F3NOS/c1-10(19)7-11-4-5-13(8-14(11)15(16,17)18)21-9-12-3-2-6-20-12/h4-5,8,10,12H,2-3,6-7,9,19H2,1H3. The lowest BCUT2D eigenvalue weighted by Gasteiger charge is -2.16. The van der Waals surface area contributed by atoms with Gasteiger partial charge in [0.2, 0.25) is 0 Å². The number of halogens is 3. The molecule has 0 saturated carbocycles. The van der Waals surface area contributed by atoms with E-state index in [1.54, 1.807) is 19.1 Å². The average molecular weight is 319 g/mol. The van der Waals surface area contributed by atoms with Crippen molar-refractivity contribution >= 4 is 11.8 Å². The van der Waals surface area contributed by atoms with Crippen molar-refractivity contribution in [3.63, 3.8) is 0 Å². The smallest absolute Gasteiger partial charge is 0.377 e. The molecule has 21 heavy (non-hydrogen) atoms. The first-order chi connectivity index (χ1) is 9.86. The van der Waals surface area contributed by atoms with Gasteiger partial charge in [0.05, 0.1) is 11.7 Å². The monoisotopic (exact) mass is 319 g/mol. The summed E-state index contributed by atoms with van der Waals surface area (Å²) >= 11 is 1.42. The zero-order chi connectivity index (χ0) is 15.5. The van der Waals surface area contributed by atoms with Crippen molar-refractivity contribution < 1.29 is 17.9 Å². The minimum absolute atomic E-state index is 0.160. The third kappa shape index (κ3) is 4.90. The van der Waals surface area contributed by atoms with Crippen LogP contribution < -0.4 is 5.73 Å². The summed E-state index contributed by atoms with van der Waals surface area (Å²) in [7, 11) is 0. The van der Waals surface area contributed by atoms with E-state index in [-0.39, 0.29) is 24.1 Å². The molecule has 6 heteroatoms. The molecule has 0 aromatic heterocycles. The lowest BCUT2D eigenvalue weighted by molar-refractivity contribution is -0.138. The van der Waals surface area contributed by atoms with Crippen LogP contribution in [-0.2, 0) is 17.3 Å². The fourth-order valence-electron chi connectivity index (χ4n) is 2.40. The highest BCUT2D eigenvalue weighted by Gasteiger charge is 2.33. The predicted octanol–water partition coefficient (Wildman–Crippen LogP) is 3.87. The van der Waals surface area contributed by atoms with Gasteiger partial charge in [0, 0.05) is 23.3 Å². The molecular weight excluding hydrogens is 299 g/mol. The number of benzene rings is 1. The van der Waals surface area contributed by atoms with E-state index in [2.05, 4.69) is 0 Å². The van der Waals surface area contributed by atoms with Gasteiger partial charge in [-0.3, -0.25) is 0 Å². The van der Waals surface area contributed by atoms with Crippen LogP contribution in [0.2, 0.25) is 0 Å². The molecule has 0 radical (unpaired) electrons. The summed E-state index contributed by atoms with van der Waals surface area (Å²) in [6.45, 7) is 2.46. The maximum atomic E-state index is 13.1. The molecule has 2 atom stereocenters. The Hall–Kier alpha value is -0.720. The van der Waals surface area contributed by atoms with Crippen molar-refractivity contribution in [1.29, 1.82) is 0 Å². The second kappa shape index (κ2) is 7.03. The largest absolute Gasteiger partial charge is 0.416 e. The first-order valence-corrected chi connectivity index (χ1v) is 8.05. The summed E-state index contributed by atoms with van der Waals surface area (Å²) in [4.78, 5) is 0.631. The number of nitrogens with two attached hydrogens (primary N) is 1. The minimum Gasteiger partial charge on any atom is -0.377 e. The molecule has 118 valence electrons. The van der Waals surface area contributed by atoms with Crippen LogP contribution >= 0.6 is 11.8 Å². The Morgan fingerprint density at radius 1 is 1.43 bits per heavy atom. The molecule has 1 saturated heterocycles. The average Bonchev–Trinajstić information content (AvgIpc) is 2.88. The molecule has 0 aliphatic carbocycles. The fraction of sp³-hybridized carbons (Fsp3) is 0.600. The lowest BCUT2D eigenvalue weighted by Crippen LogP contribution is -2.20. The molecule has 2 unspecified atom stereocenters. The second-order valence-corrected chi connectivity index (χ2v) is 6.54. The second-order valence-electron chi connectivity index (χ2n) is 5.44. The van der Waals surface area contributed by atoms with Crippen LogP contribution in [0.25, 0.3) is 0 Å². The van der Waals surface area contributed by atoms with E-state index in [1.807, 2.05) is 0 Å². The first-order valence-electron chi connectivity index (χ1n) is 7.06. The number of alkyl halides is 3. The van der Waals surface area contributed by atoms with Crippen LogP contribution in [-0.4, -0.2) is 24.5 Å². The van der Waals surface area contributed by atoms with Gasteiger partial charge in [0.15, 0.2) is 0 Å². The molecule has 2 rings (SSSR count). The summed E-state index contributed by atoms with van der Waals surface area (Å²) in [6.07, 6.45) is -1.93.